The van der Waals surface area contributed by atoms with Crippen LogP contribution in [0.3, 0.4) is 0 Å². The van der Waals surface area contributed by atoms with E-state index < -0.39 is 0 Å². The Hall–Kier alpha value is -3.44. The Kier molecular flexibility index (Phi) is 6.92. The normalized spacial score (nSPS) is 16.6. The number of anilines is 3. The molecule has 0 bridgehead atoms. The number of nitrogens with zero attached hydrogens (tertiary/aromatic N) is 5. The molecule has 1 aromatic carbocycles. The first-order chi connectivity index (χ1) is 17.4. The van der Waals surface area contributed by atoms with E-state index in [0.29, 0.717) is 27.1 Å². The topological polar surface area (TPSA) is 116 Å². The summed E-state index contributed by atoms with van der Waals surface area (Å²) in [5.41, 5.74) is 2.07. The molecule has 2 aliphatic rings. The lowest BCUT2D eigenvalue weighted by Gasteiger charge is -2.42. The van der Waals surface area contributed by atoms with Crippen molar-refractivity contribution in [3.05, 3.63) is 46.6 Å². The number of hydrogen-bond acceptors (Lipinski definition) is 8. The number of piperazine rings is 1. The molecular formula is C25H31N7O3S. The number of rotatable bonds is 7. The Morgan fingerprint density at radius 3 is 2.64 bits per heavy atom. The van der Waals surface area contributed by atoms with Gasteiger partial charge in [0.25, 0.3) is 5.91 Å². The smallest absolute Gasteiger partial charge is 0.267 e. The van der Waals surface area contributed by atoms with Crippen LogP contribution in [0, 0.1) is 13.8 Å². The number of carbonyl (C=O) groups is 2. The molecule has 1 aliphatic carbocycles. The van der Waals surface area contributed by atoms with Gasteiger partial charge in [0.2, 0.25) is 5.91 Å². The summed E-state index contributed by atoms with van der Waals surface area (Å²) in [5, 5.41) is 20.9. The van der Waals surface area contributed by atoms with Crippen molar-refractivity contribution in [3.8, 4) is 5.75 Å². The van der Waals surface area contributed by atoms with Crippen molar-refractivity contribution in [1.29, 1.82) is 0 Å². The average molecular weight is 510 g/mol. The van der Waals surface area contributed by atoms with Crippen LogP contribution in [0.15, 0.2) is 30.6 Å². The Morgan fingerprint density at radius 2 is 1.92 bits per heavy atom. The van der Waals surface area contributed by atoms with E-state index in [9.17, 15) is 14.7 Å². The third kappa shape index (κ3) is 5.21. The van der Waals surface area contributed by atoms with Gasteiger partial charge in [-0.25, -0.2) is 4.98 Å². The molecule has 0 unspecified atom stereocenters. The van der Waals surface area contributed by atoms with Gasteiger partial charge in [0.05, 0.1) is 11.9 Å². The minimum absolute atomic E-state index is 0.0728. The van der Waals surface area contributed by atoms with Gasteiger partial charge in [0.15, 0.2) is 10.9 Å². The lowest BCUT2D eigenvalue weighted by molar-refractivity contribution is -0.134. The number of aryl methyl sites for hydroxylation is 1. The van der Waals surface area contributed by atoms with Crippen LogP contribution >= 0.6 is 11.3 Å². The van der Waals surface area contributed by atoms with Crippen LogP contribution in [-0.2, 0) is 11.3 Å². The van der Waals surface area contributed by atoms with Crippen LogP contribution in [-0.4, -0.2) is 73.7 Å². The zero-order chi connectivity index (χ0) is 25.2. The van der Waals surface area contributed by atoms with Crippen LogP contribution in [0.1, 0.15) is 40.1 Å². The van der Waals surface area contributed by atoms with Crippen molar-refractivity contribution in [2.24, 2.45) is 0 Å². The average Bonchev–Trinajstić information content (AvgIpc) is 3.48. The van der Waals surface area contributed by atoms with Gasteiger partial charge in [0.1, 0.15) is 17.2 Å². The van der Waals surface area contributed by atoms with E-state index >= 15 is 0 Å². The third-order valence-corrected chi connectivity index (χ3v) is 7.96. The Bertz CT molecular complexity index is 1260. The number of hydrogen-bond donors (Lipinski definition) is 3. The summed E-state index contributed by atoms with van der Waals surface area (Å²) in [6, 6.07) is 5.87. The van der Waals surface area contributed by atoms with Gasteiger partial charge in [-0.05, 0) is 38.3 Å². The Morgan fingerprint density at radius 1 is 1.14 bits per heavy atom. The SMILES string of the molecule is Cc1ccc(O)c(C)c1NC(=O)c1cnc(Nc2ccn(CC(=O)N3CCN(C4CCC4)CC3)n2)s1. The maximum absolute atomic E-state index is 12.7. The van der Waals surface area contributed by atoms with Crippen molar-refractivity contribution >= 4 is 39.8 Å². The first-order valence-corrected chi connectivity index (χ1v) is 13.1. The maximum atomic E-state index is 12.7. The van der Waals surface area contributed by atoms with E-state index in [4.69, 9.17) is 0 Å². The highest BCUT2D eigenvalue weighted by Gasteiger charge is 2.29. The predicted molar refractivity (Wildman–Crippen MR) is 139 cm³/mol. The molecule has 1 saturated carbocycles. The molecule has 1 saturated heterocycles. The van der Waals surface area contributed by atoms with Crippen molar-refractivity contribution in [2.75, 3.05) is 36.8 Å². The molecule has 3 aromatic rings. The molecule has 2 amide bonds. The number of carbonyl (C=O) groups excluding carboxylic acids is 2. The summed E-state index contributed by atoms with van der Waals surface area (Å²) in [6.45, 7) is 7.27. The van der Waals surface area contributed by atoms with E-state index in [1.165, 1.54) is 36.8 Å². The van der Waals surface area contributed by atoms with Crippen molar-refractivity contribution in [1.82, 2.24) is 24.6 Å². The van der Waals surface area contributed by atoms with Crippen LogP contribution in [0.25, 0.3) is 0 Å². The summed E-state index contributed by atoms with van der Waals surface area (Å²) in [4.78, 5) is 34.6. The van der Waals surface area contributed by atoms with Crippen molar-refractivity contribution in [3.63, 3.8) is 0 Å². The summed E-state index contributed by atoms with van der Waals surface area (Å²) < 4.78 is 1.62. The minimum atomic E-state index is -0.300. The highest BCUT2D eigenvalue weighted by atomic mass is 32.1. The number of amides is 2. The third-order valence-electron chi connectivity index (χ3n) is 7.04. The van der Waals surface area contributed by atoms with Gasteiger partial charge in [0, 0.05) is 50.0 Å². The van der Waals surface area contributed by atoms with E-state index in [0.717, 1.165) is 37.8 Å². The number of phenolic OH excluding ortho intramolecular Hbond substituents is 1. The van der Waals surface area contributed by atoms with Crippen molar-refractivity contribution < 1.29 is 14.7 Å². The van der Waals surface area contributed by atoms with Crippen LogP contribution in [0.2, 0.25) is 0 Å². The maximum Gasteiger partial charge on any atom is 0.267 e. The Labute approximate surface area is 213 Å². The second kappa shape index (κ2) is 10.3. The molecule has 190 valence electrons. The van der Waals surface area contributed by atoms with Crippen LogP contribution < -0.4 is 10.6 Å². The van der Waals surface area contributed by atoms with Crippen LogP contribution in [0.4, 0.5) is 16.6 Å². The largest absolute Gasteiger partial charge is 0.508 e. The van der Waals surface area contributed by atoms with Gasteiger partial charge in [-0.15, -0.1) is 0 Å². The highest BCUT2D eigenvalue weighted by molar-refractivity contribution is 7.17. The quantitative estimate of drug-likeness (QED) is 0.447. The lowest BCUT2D eigenvalue weighted by atomic mass is 9.91. The van der Waals surface area contributed by atoms with Crippen molar-refractivity contribution in [2.45, 2.75) is 45.7 Å². The molecule has 5 rings (SSSR count). The second-order valence-electron chi connectivity index (χ2n) is 9.41. The van der Waals surface area contributed by atoms with E-state index in [-0.39, 0.29) is 24.1 Å². The standard InChI is InChI=1S/C25H31N7O3S/c1-16-6-7-19(33)17(2)23(16)28-24(35)20-14-26-25(36-20)27-21-8-9-32(29-21)15-22(34)31-12-10-30(11-13-31)18-4-3-5-18/h6-9,14,18,33H,3-5,10-13,15H2,1-2H3,(H,28,35)(H,26,27,29). The first-order valence-electron chi connectivity index (χ1n) is 12.3. The van der Waals surface area contributed by atoms with Gasteiger partial charge in [-0.1, -0.05) is 23.8 Å². The molecular weight excluding hydrogens is 478 g/mol. The van der Waals surface area contributed by atoms with Crippen LogP contribution in [0.5, 0.6) is 5.75 Å². The minimum Gasteiger partial charge on any atom is -0.508 e. The molecule has 3 N–H and O–H groups in total. The fourth-order valence-electron chi connectivity index (χ4n) is 4.59. The molecule has 10 nitrogen and oxygen atoms in total. The molecule has 0 spiro atoms. The Balaban J connectivity index is 1.14. The molecule has 2 fully saturated rings. The first kappa shape index (κ1) is 24.3. The monoisotopic (exact) mass is 509 g/mol. The fourth-order valence-corrected chi connectivity index (χ4v) is 5.31. The van der Waals surface area contributed by atoms with Gasteiger partial charge in [-0.3, -0.25) is 19.2 Å². The summed E-state index contributed by atoms with van der Waals surface area (Å²) >= 11 is 1.20. The molecule has 1 aliphatic heterocycles. The predicted octanol–water partition coefficient (Wildman–Crippen LogP) is 3.35. The van der Waals surface area contributed by atoms with E-state index in [1.54, 1.807) is 36.0 Å². The fraction of sp³-hybridized carbons (Fsp3) is 0.440. The number of phenols is 1. The second-order valence-corrected chi connectivity index (χ2v) is 10.4. The molecule has 0 atom stereocenters. The molecule has 11 heteroatoms. The molecule has 36 heavy (non-hydrogen) atoms. The lowest BCUT2D eigenvalue weighted by Crippen LogP contribution is -2.54. The number of benzene rings is 1. The number of aromatic nitrogens is 3. The zero-order valence-electron chi connectivity index (χ0n) is 20.5. The summed E-state index contributed by atoms with van der Waals surface area (Å²) in [5.74, 6) is 0.459. The van der Waals surface area contributed by atoms with E-state index in [1.807, 2.05) is 11.8 Å². The molecule has 0 radical (unpaired) electrons. The number of thiazole rings is 1. The number of aromatic hydroxyl groups is 1. The van der Waals surface area contributed by atoms with Gasteiger partial charge < -0.3 is 20.6 Å². The number of nitrogens with one attached hydrogen (secondary N) is 2. The van der Waals surface area contributed by atoms with Gasteiger partial charge in [-0.2, -0.15) is 5.10 Å². The van der Waals surface area contributed by atoms with Gasteiger partial charge >= 0.3 is 0 Å². The molecule has 2 aromatic heterocycles. The zero-order valence-corrected chi connectivity index (χ0v) is 21.3. The molecule has 3 heterocycles. The summed E-state index contributed by atoms with van der Waals surface area (Å²) in [7, 11) is 0. The summed E-state index contributed by atoms with van der Waals surface area (Å²) in [6.07, 6.45) is 7.17. The van der Waals surface area contributed by atoms with E-state index in [2.05, 4.69) is 25.6 Å². The highest BCUT2D eigenvalue weighted by Crippen LogP contribution is 2.30.